The highest BCUT2D eigenvalue weighted by Crippen LogP contribution is 2.26. The van der Waals surface area contributed by atoms with E-state index >= 15 is 0 Å². The number of benzene rings is 2. The summed E-state index contributed by atoms with van der Waals surface area (Å²) in [5, 5.41) is 19.5. The number of phenolic OH excluding ortho intramolecular Hbond substituents is 1. The first-order chi connectivity index (χ1) is 19.9. The molecule has 0 aromatic heterocycles. The highest BCUT2D eigenvalue weighted by molar-refractivity contribution is 6.32. The first-order valence-corrected chi connectivity index (χ1v) is 13.3. The van der Waals surface area contributed by atoms with Crippen LogP contribution in [0.3, 0.4) is 0 Å². The average Bonchev–Trinajstić information content (AvgIpc) is 3.14. The molecule has 2 aliphatic heterocycles. The van der Waals surface area contributed by atoms with Gasteiger partial charge in [0.2, 0.25) is 0 Å². The summed E-state index contributed by atoms with van der Waals surface area (Å²) in [6.45, 7) is 1.26. The molecule has 0 spiro atoms. The number of hydrogen-bond donors (Lipinski definition) is 3. The number of likely N-dealkylation sites (tertiary alicyclic amines) is 1. The summed E-state index contributed by atoms with van der Waals surface area (Å²) in [4.78, 5) is 49.3. The van der Waals surface area contributed by atoms with E-state index in [1.165, 1.54) is 17.0 Å². The molecule has 3 N–H and O–H groups in total. The van der Waals surface area contributed by atoms with E-state index in [2.05, 4.69) is 32.8 Å². The molecule has 4 rings (SSSR count). The number of halogens is 1. The molecule has 2 heterocycles. The molecule has 2 aromatic rings. The van der Waals surface area contributed by atoms with Gasteiger partial charge in [0.15, 0.2) is 6.10 Å². The maximum absolute atomic E-state index is 13.1. The van der Waals surface area contributed by atoms with Crippen LogP contribution in [0.5, 0.6) is 5.75 Å². The lowest BCUT2D eigenvalue weighted by atomic mass is 10.0. The molecule has 0 bridgehead atoms. The smallest absolute Gasteiger partial charge is 0.410 e. The first kappa shape index (κ1) is 29.1. The van der Waals surface area contributed by atoms with Gasteiger partial charge in [-0.3, -0.25) is 4.79 Å². The van der Waals surface area contributed by atoms with Crippen molar-refractivity contribution in [3.05, 3.63) is 70.5 Å². The molecule has 210 valence electrons. The number of nitrogens with one attached hydrogen (secondary N) is 2. The van der Waals surface area contributed by atoms with Crippen LogP contribution in [0, 0.1) is 5.41 Å². The van der Waals surface area contributed by atoms with Gasteiger partial charge < -0.3 is 25.0 Å². The Labute approximate surface area is 241 Å². The van der Waals surface area contributed by atoms with Crippen LogP contribution in [0.15, 0.2) is 64.4 Å². The largest absolute Gasteiger partial charge is 0.506 e. The van der Waals surface area contributed by atoms with Crippen molar-refractivity contribution in [1.82, 2.24) is 9.80 Å². The Bertz CT molecular complexity index is 1510. The number of aliphatic imine (C=N–C) groups is 2. The summed E-state index contributed by atoms with van der Waals surface area (Å²) >= 11 is 6.00. The summed E-state index contributed by atoms with van der Waals surface area (Å²) in [5.74, 6) is 5.32. The molecule has 1 atom stereocenters. The SMILES string of the molecule is N=C=C=NC=C=C=NC(=O)[C@@H](Cc1ccc(O)c(Cl)c1)OC(=O)N1CCC(N2CCc3ccccc3NC2=O)CC1. The minimum atomic E-state index is -1.30. The fraction of sp³-hybridized carbons (Fsp3) is 0.310. The Balaban J connectivity index is 1.41. The van der Waals surface area contributed by atoms with Crippen LogP contribution in [0.2, 0.25) is 5.02 Å². The Morgan fingerprint density at radius 2 is 1.98 bits per heavy atom. The lowest BCUT2D eigenvalue weighted by Crippen LogP contribution is -2.50. The van der Waals surface area contributed by atoms with Crippen LogP contribution in [-0.4, -0.2) is 82.3 Å². The Kier molecular flexibility index (Phi) is 9.92. The second kappa shape index (κ2) is 14.0. The molecule has 0 radical (unpaired) electrons. The van der Waals surface area contributed by atoms with Crippen LogP contribution < -0.4 is 5.32 Å². The number of fused-ring (bicyclic) bond motifs is 1. The maximum atomic E-state index is 13.1. The van der Waals surface area contributed by atoms with Crippen molar-refractivity contribution in [2.24, 2.45) is 9.98 Å². The summed E-state index contributed by atoms with van der Waals surface area (Å²) in [7, 11) is 0. The van der Waals surface area contributed by atoms with Gasteiger partial charge in [0.25, 0.3) is 5.91 Å². The molecule has 0 unspecified atom stereocenters. The van der Waals surface area contributed by atoms with Gasteiger partial charge in [-0.2, -0.15) is 9.98 Å². The van der Waals surface area contributed by atoms with Gasteiger partial charge in [-0.1, -0.05) is 35.9 Å². The number of nitrogens with zero attached hydrogens (tertiary/aromatic N) is 4. The number of aromatic hydroxyl groups is 1. The van der Waals surface area contributed by atoms with Gasteiger partial charge >= 0.3 is 12.1 Å². The van der Waals surface area contributed by atoms with E-state index in [4.69, 9.17) is 21.7 Å². The predicted molar refractivity (Wildman–Crippen MR) is 153 cm³/mol. The second-order valence-corrected chi connectivity index (χ2v) is 9.72. The molecule has 1 saturated heterocycles. The van der Waals surface area contributed by atoms with E-state index in [-0.39, 0.29) is 29.3 Å². The Morgan fingerprint density at radius 1 is 1.20 bits per heavy atom. The molecule has 12 heteroatoms. The third-order valence-electron chi connectivity index (χ3n) is 6.74. The number of ether oxygens (including phenoxy) is 1. The minimum absolute atomic E-state index is 0.0425. The number of carbonyl (C=O) groups is 3. The average molecular weight is 575 g/mol. The van der Waals surface area contributed by atoms with Crippen molar-refractivity contribution in [3.63, 3.8) is 0 Å². The number of piperidine rings is 1. The van der Waals surface area contributed by atoms with E-state index in [9.17, 15) is 19.5 Å². The maximum Gasteiger partial charge on any atom is 0.410 e. The molecular weight excluding hydrogens is 548 g/mol. The van der Waals surface area contributed by atoms with E-state index in [0.717, 1.165) is 23.9 Å². The van der Waals surface area contributed by atoms with Crippen LogP contribution >= 0.6 is 11.6 Å². The van der Waals surface area contributed by atoms with Gasteiger partial charge in [0, 0.05) is 43.7 Å². The fourth-order valence-electron chi connectivity index (χ4n) is 4.65. The van der Waals surface area contributed by atoms with Gasteiger partial charge in [0.05, 0.1) is 23.0 Å². The van der Waals surface area contributed by atoms with Crippen LogP contribution in [-0.2, 0) is 22.4 Å². The number of rotatable bonds is 6. The molecule has 0 aliphatic carbocycles. The molecule has 0 saturated carbocycles. The van der Waals surface area contributed by atoms with Crippen LogP contribution in [0.25, 0.3) is 0 Å². The molecule has 41 heavy (non-hydrogen) atoms. The number of urea groups is 1. The Morgan fingerprint density at radius 3 is 2.73 bits per heavy atom. The number of hydrogen-bond acceptors (Lipinski definition) is 7. The van der Waals surface area contributed by atoms with Crippen molar-refractivity contribution in [1.29, 1.82) is 5.41 Å². The quantitative estimate of drug-likeness (QED) is 0.352. The summed E-state index contributed by atoms with van der Waals surface area (Å²) in [6, 6.07) is 11.9. The topological polar surface area (TPSA) is 148 Å². The van der Waals surface area contributed by atoms with Crippen LogP contribution in [0.4, 0.5) is 15.3 Å². The fourth-order valence-corrected chi connectivity index (χ4v) is 4.85. The summed E-state index contributed by atoms with van der Waals surface area (Å²) < 4.78 is 5.58. The predicted octanol–water partition coefficient (Wildman–Crippen LogP) is 3.99. The molecule has 1 fully saturated rings. The zero-order valence-corrected chi connectivity index (χ0v) is 22.7. The Hall–Kier alpha value is -4.87. The third-order valence-corrected chi connectivity index (χ3v) is 7.04. The van der Waals surface area contributed by atoms with E-state index in [1.54, 1.807) is 6.07 Å². The highest BCUT2D eigenvalue weighted by Gasteiger charge is 2.33. The van der Waals surface area contributed by atoms with Gasteiger partial charge in [-0.05, 0) is 54.3 Å². The van der Waals surface area contributed by atoms with Gasteiger partial charge in [-0.25, -0.2) is 15.0 Å². The number of para-hydroxylation sites is 1. The van der Waals surface area contributed by atoms with E-state index < -0.39 is 18.1 Å². The minimum Gasteiger partial charge on any atom is -0.506 e. The molecule has 2 aromatic carbocycles. The van der Waals surface area contributed by atoms with Gasteiger partial charge in [-0.15, -0.1) is 0 Å². The van der Waals surface area contributed by atoms with Crippen LogP contribution in [0.1, 0.15) is 24.0 Å². The van der Waals surface area contributed by atoms with Crippen molar-refractivity contribution in [2.45, 2.75) is 37.8 Å². The monoisotopic (exact) mass is 574 g/mol. The normalized spacial score (nSPS) is 15.4. The summed E-state index contributed by atoms with van der Waals surface area (Å²) in [5.41, 5.74) is 4.84. The van der Waals surface area contributed by atoms with Gasteiger partial charge in [0.1, 0.15) is 5.75 Å². The molecule has 2 aliphatic rings. The summed E-state index contributed by atoms with van der Waals surface area (Å²) in [6.07, 6.45) is 0.914. The molecule has 4 amide bonds. The first-order valence-electron chi connectivity index (χ1n) is 12.9. The number of anilines is 1. The highest BCUT2D eigenvalue weighted by atomic mass is 35.5. The van der Waals surface area contributed by atoms with Crippen molar-refractivity contribution in [3.8, 4) is 5.75 Å². The van der Waals surface area contributed by atoms with E-state index in [1.807, 2.05) is 35.0 Å². The lowest BCUT2D eigenvalue weighted by Gasteiger charge is -2.37. The van der Waals surface area contributed by atoms with Crippen molar-refractivity contribution >= 4 is 52.9 Å². The lowest BCUT2D eigenvalue weighted by molar-refractivity contribution is -0.126. The van der Waals surface area contributed by atoms with Crippen molar-refractivity contribution < 1.29 is 24.2 Å². The number of carbonyl (C=O) groups excluding carboxylic acids is 3. The van der Waals surface area contributed by atoms with E-state index in [0.29, 0.717) is 38.0 Å². The zero-order chi connectivity index (χ0) is 29.2. The second-order valence-electron chi connectivity index (χ2n) is 9.31. The zero-order valence-electron chi connectivity index (χ0n) is 22.0. The molecular formula is C29H27ClN6O5. The number of phenols is 1. The third kappa shape index (κ3) is 7.84. The number of amides is 4. The standard InChI is InChI=1S/C29H27ClN6O5/c30-23-18-20(6-7-25(23)37)19-26(27(38)33-13-3-12-32-14-11-31)41-29(40)35-15-9-22(10-16-35)36-17-8-21-4-1-2-5-24(21)34-28(36)39/h1-2,4-7,12,18,22,26,31,37H,8-10,15-17,19H2,(H,34,39)/t26-/m1/s1. The van der Waals surface area contributed by atoms with Crippen molar-refractivity contribution in [2.75, 3.05) is 25.0 Å². The molecule has 11 nitrogen and oxygen atoms in total.